The molecule has 10 heteroatoms. The van der Waals surface area contributed by atoms with Crippen molar-refractivity contribution in [3.8, 4) is 11.5 Å². The normalized spacial score (nSPS) is 18.7. The first kappa shape index (κ1) is 28.2. The van der Waals surface area contributed by atoms with Gasteiger partial charge < -0.3 is 20.0 Å². The van der Waals surface area contributed by atoms with Gasteiger partial charge in [0.05, 0.1) is 12.8 Å². The van der Waals surface area contributed by atoms with Crippen molar-refractivity contribution in [3.05, 3.63) is 59.2 Å². The number of hydrogen-bond acceptors (Lipinski definition) is 7. The van der Waals surface area contributed by atoms with E-state index in [9.17, 15) is 22.8 Å². The van der Waals surface area contributed by atoms with Crippen molar-refractivity contribution in [2.75, 3.05) is 7.11 Å². The summed E-state index contributed by atoms with van der Waals surface area (Å²) < 4.78 is 48.1. The number of benzene rings is 2. The molecule has 0 spiro atoms. The molecule has 0 saturated heterocycles. The molecule has 3 atom stereocenters. The second-order valence-electron chi connectivity index (χ2n) is 8.92. The van der Waals surface area contributed by atoms with Gasteiger partial charge in [0.1, 0.15) is 18.5 Å². The third-order valence-electron chi connectivity index (χ3n) is 6.43. The Balaban J connectivity index is 1.97. The van der Waals surface area contributed by atoms with Gasteiger partial charge in [-0.3, -0.25) is 9.80 Å². The van der Waals surface area contributed by atoms with E-state index in [1.54, 1.807) is 30.3 Å². The largest absolute Gasteiger partial charge is 0.573 e. The van der Waals surface area contributed by atoms with E-state index in [0.29, 0.717) is 41.7 Å². The van der Waals surface area contributed by atoms with Gasteiger partial charge in [0.2, 0.25) is 0 Å². The van der Waals surface area contributed by atoms with E-state index in [1.165, 1.54) is 24.3 Å². The molecule has 200 valence electrons. The Kier molecular flexibility index (Phi) is 9.31. The van der Waals surface area contributed by atoms with Gasteiger partial charge in [0, 0.05) is 23.5 Å². The molecule has 0 aromatic heterocycles. The number of alkyl halides is 3. The topological polar surface area (TPSA) is 94.2 Å². The molecule has 3 unspecified atom stereocenters. The zero-order valence-corrected chi connectivity index (χ0v) is 21.1. The smallest absolute Gasteiger partial charge is 0.493 e. The van der Waals surface area contributed by atoms with Crippen LogP contribution in [0.5, 0.6) is 11.5 Å². The quantitative estimate of drug-likeness (QED) is 0.306. The molecule has 2 aromatic carbocycles. The molecule has 7 nitrogen and oxygen atoms in total. The molecule has 0 aliphatic carbocycles. The lowest BCUT2D eigenvalue weighted by Crippen LogP contribution is -2.46. The lowest BCUT2D eigenvalue weighted by Gasteiger charge is -2.38. The highest BCUT2D eigenvalue weighted by molar-refractivity contribution is 6.03. The molecular weight excluding hydrogens is 487 g/mol. The summed E-state index contributed by atoms with van der Waals surface area (Å²) >= 11 is 0. The number of carbonyl (C=O) groups is 2. The van der Waals surface area contributed by atoms with Crippen molar-refractivity contribution in [3.63, 3.8) is 0 Å². The molecule has 0 saturated carbocycles. The van der Waals surface area contributed by atoms with Crippen molar-refractivity contribution in [2.24, 2.45) is 16.8 Å². The van der Waals surface area contributed by atoms with E-state index in [0.717, 1.165) is 19.1 Å². The highest BCUT2D eigenvalue weighted by Gasteiger charge is 2.36. The van der Waals surface area contributed by atoms with Gasteiger partial charge in [-0.1, -0.05) is 44.5 Å². The first-order valence-corrected chi connectivity index (χ1v) is 12.3. The van der Waals surface area contributed by atoms with Crippen molar-refractivity contribution < 1.29 is 32.2 Å². The predicted octanol–water partition coefficient (Wildman–Crippen LogP) is 5.63. The van der Waals surface area contributed by atoms with E-state index in [4.69, 9.17) is 10.5 Å². The Morgan fingerprint density at radius 3 is 2.46 bits per heavy atom. The second kappa shape index (κ2) is 12.2. The third-order valence-corrected chi connectivity index (χ3v) is 6.43. The number of hydrogen-bond donors (Lipinski definition) is 1. The number of ether oxygens (including phenoxy) is 2. The number of Topliss-reactive ketones (excluding diaryl/α,β-unsaturated/α-hetero) is 1. The molecule has 0 fully saturated rings. The molecule has 37 heavy (non-hydrogen) atoms. The molecule has 0 radical (unpaired) electrons. The molecule has 3 rings (SSSR count). The van der Waals surface area contributed by atoms with Crippen LogP contribution in [0.4, 0.5) is 13.2 Å². The van der Waals surface area contributed by atoms with Crippen LogP contribution in [0.25, 0.3) is 0 Å². The number of nitrogens with two attached hydrogens (primary N) is 1. The number of nitrogens with zero attached hydrogens (tertiary/aromatic N) is 2. The van der Waals surface area contributed by atoms with Crippen LogP contribution < -0.4 is 15.2 Å². The first-order chi connectivity index (χ1) is 17.6. The molecule has 1 heterocycles. The maximum atomic E-state index is 13.0. The highest BCUT2D eigenvalue weighted by Crippen LogP contribution is 2.36. The van der Waals surface area contributed by atoms with Crippen LogP contribution >= 0.6 is 0 Å². The van der Waals surface area contributed by atoms with Crippen LogP contribution in [0.2, 0.25) is 0 Å². The fraction of sp³-hybridized carbons (Fsp3) is 0.444. The van der Waals surface area contributed by atoms with E-state index in [1.807, 2.05) is 13.8 Å². The molecular formula is C27H32F3N3O4. The number of aldehydes is 1. The summed E-state index contributed by atoms with van der Waals surface area (Å²) in [4.78, 5) is 24.3. The number of unbranched alkanes of at least 4 members (excludes halogenated alkanes) is 1. The Bertz CT molecular complexity index is 1120. The van der Waals surface area contributed by atoms with Crippen LogP contribution in [0.1, 0.15) is 73.6 Å². The Hall–Kier alpha value is -3.40. The minimum absolute atomic E-state index is 0.0493. The zero-order valence-electron chi connectivity index (χ0n) is 21.1. The molecule has 0 amide bonds. The zero-order chi connectivity index (χ0) is 27.2. The number of ketones is 1. The van der Waals surface area contributed by atoms with Gasteiger partial charge in [-0.15, -0.1) is 13.2 Å². The van der Waals surface area contributed by atoms with Gasteiger partial charge in [0.15, 0.2) is 17.3 Å². The standard InChI is InChI=1S/C27H32F3N3O4/c1-4-6-7-22(35)18-8-10-19(11-9-18)26(31)33-21(16-34)14-17(5-2)25(32-33)20-12-13-23(36-3)24(15-20)37-27(28,29)30/h8-13,15-17,21,26H,4-7,14,31H2,1-3H3. The second-order valence-corrected chi connectivity index (χ2v) is 8.92. The van der Waals surface area contributed by atoms with E-state index in [2.05, 4.69) is 9.84 Å². The highest BCUT2D eigenvalue weighted by atomic mass is 19.4. The van der Waals surface area contributed by atoms with Crippen molar-refractivity contribution in [2.45, 2.75) is 64.5 Å². The van der Waals surface area contributed by atoms with Crippen LogP contribution in [0.15, 0.2) is 47.6 Å². The Labute approximate surface area is 214 Å². The summed E-state index contributed by atoms with van der Waals surface area (Å²) in [6, 6.07) is 10.5. The fourth-order valence-corrected chi connectivity index (χ4v) is 4.37. The minimum atomic E-state index is -4.90. The maximum absolute atomic E-state index is 13.0. The van der Waals surface area contributed by atoms with Gasteiger partial charge >= 0.3 is 6.36 Å². The Morgan fingerprint density at radius 1 is 1.19 bits per heavy atom. The predicted molar refractivity (Wildman–Crippen MR) is 134 cm³/mol. The maximum Gasteiger partial charge on any atom is 0.573 e. The van der Waals surface area contributed by atoms with Crippen LogP contribution in [-0.4, -0.2) is 42.3 Å². The number of carbonyl (C=O) groups excluding carboxylic acids is 2. The summed E-state index contributed by atoms with van der Waals surface area (Å²) in [5.74, 6) is -0.697. The first-order valence-electron chi connectivity index (χ1n) is 12.3. The lowest BCUT2D eigenvalue weighted by atomic mass is 9.87. The average molecular weight is 520 g/mol. The fourth-order valence-electron chi connectivity index (χ4n) is 4.37. The number of methoxy groups -OCH3 is 1. The summed E-state index contributed by atoms with van der Waals surface area (Å²) in [6.45, 7) is 3.94. The van der Waals surface area contributed by atoms with E-state index in [-0.39, 0.29) is 17.5 Å². The van der Waals surface area contributed by atoms with Crippen molar-refractivity contribution in [1.82, 2.24) is 5.01 Å². The van der Waals surface area contributed by atoms with Gasteiger partial charge in [-0.25, -0.2) is 0 Å². The van der Waals surface area contributed by atoms with E-state index >= 15 is 0 Å². The van der Waals surface area contributed by atoms with Gasteiger partial charge in [0.25, 0.3) is 0 Å². The van der Waals surface area contributed by atoms with Gasteiger partial charge in [-0.2, -0.15) is 5.10 Å². The summed E-state index contributed by atoms with van der Waals surface area (Å²) in [5, 5.41) is 6.14. The van der Waals surface area contributed by atoms with Crippen LogP contribution in [-0.2, 0) is 4.79 Å². The Morgan fingerprint density at radius 2 is 1.89 bits per heavy atom. The number of halogens is 3. The molecule has 2 N–H and O–H groups in total. The summed E-state index contributed by atoms with van der Waals surface area (Å²) in [5.41, 5.74) is 8.64. The van der Waals surface area contributed by atoms with Crippen molar-refractivity contribution >= 4 is 17.8 Å². The average Bonchev–Trinajstić information content (AvgIpc) is 2.89. The number of hydrazone groups is 1. The van der Waals surface area contributed by atoms with Crippen LogP contribution in [0.3, 0.4) is 0 Å². The van der Waals surface area contributed by atoms with Crippen molar-refractivity contribution in [1.29, 1.82) is 0 Å². The number of rotatable bonds is 11. The molecule has 0 bridgehead atoms. The SMILES string of the molecule is CCCCC(=O)c1ccc(C(N)N2N=C(c3ccc(OC)c(OC(F)(F)F)c3)C(CC)CC2C=O)cc1. The molecule has 1 aliphatic rings. The van der Waals surface area contributed by atoms with Gasteiger partial charge in [-0.05, 0) is 43.0 Å². The minimum Gasteiger partial charge on any atom is -0.493 e. The summed E-state index contributed by atoms with van der Waals surface area (Å²) in [7, 11) is 1.25. The third kappa shape index (κ3) is 6.88. The monoisotopic (exact) mass is 519 g/mol. The lowest BCUT2D eigenvalue weighted by molar-refractivity contribution is -0.275. The summed E-state index contributed by atoms with van der Waals surface area (Å²) in [6.07, 6.45) is -1.73. The van der Waals surface area contributed by atoms with Crippen LogP contribution in [0, 0.1) is 5.92 Å². The van der Waals surface area contributed by atoms with E-state index < -0.39 is 24.3 Å². The molecule has 2 aromatic rings. The molecule has 1 aliphatic heterocycles.